The van der Waals surface area contributed by atoms with Crippen molar-refractivity contribution in [1.82, 2.24) is 34.4 Å². The van der Waals surface area contributed by atoms with E-state index in [0.29, 0.717) is 28.0 Å². The van der Waals surface area contributed by atoms with Crippen molar-refractivity contribution in [3.63, 3.8) is 0 Å². The van der Waals surface area contributed by atoms with Crippen molar-refractivity contribution in [3.8, 4) is 22.5 Å². The second kappa shape index (κ2) is 12.4. The summed E-state index contributed by atoms with van der Waals surface area (Å²) in [6, 6.07) is 14.3. The van der Waals surface area contributed by atoms with Crippen molar-refractivity contribution < 1.29 is 9.59 Å². The van der Waals surface area contributed by atoms with Crippen LogP contribution in [0.5, 0.6) is 0 Å². The number of nitrogens with one attached hydrogen (secondary N) is 1. The third kappa shape index (κ3) is 6.53. The van der Waals surface area contributed by atoms with Crippen molar-refractivity contribution in [2.75, 3.05) is 6.54 Å². The molecular weight excluding hydrogens is 561 g/mol. The quantitative estimate of drug-likeness (QED) is 0.134. The first-order valence-electron chi connectivity index (χ1n) is 13.0. The highest BCUT2D eigenvalue weighted by Crippen LogP contribution is 2.23. The van der Waals surface area contributed by atoms with Gasteiger partial charge in [-0.2, -0.15) is 0 Å². The van der Waals surface area contributed by atoms with Crippen molar-refractivity contribution in [2.45, 2.75) is 33.2 Å². The Morgan fingerprint density at radius 2 is 1.37 bits per heavy atom. The number of fused-ring (bicyclic) bond motifs is 1. The van der Waals surface area contributed by atoms with Crippen molar-refractivity contribution in [3.05, 3.63) is 106 Å². The van der Waals surface area contributed by atoms with Crippen LogP contribution in [0.4, 0.5) is 0 Å². The first-order chi connectivity index (χ1) is 19.8. The molecule has 0 radical (unpaired) electrons. The minimum Gasteiger partial charge on any atom is -0.342 e. The van der Waals surface area contributed by atoms with Gasteiger partial charge in [0, 0.05) is 42.8 Å². The number of imide groups is 1. The standard InChI is InChI=1S/C21H19ClN4O2.C9H8ClN3/c1-14-24-18(15-8-9-19(22)23-12-15)13-25(14)10-4-5-11-26-20(27)16-6-2-3-7-17(16)21(26)28;1-6-11-5-8(13-6)7-2-3-9(10)12-4-7/h2-3,6-9,12-13H,4-5,10-11H2,1H3;2-5H,1H3,(H,11,13). The van der Waals surface area contributed by atoms with Gasteiger partial charge in [0.2, 0.25) is 0 Å². The smallest absolute Gasteiger partial charge is 0.261 e. The summed E-state index contributed by atoms with van der Waals surface area (Å²) < 4.78 is 2.08. The van der Waals surface area contributed by atoms with E-state index >= 15 is 0 Å². The van der Waals surface area contributed by atoms with Gasteiger partial charge < -0.3 is 9.55 Å². The molecule has 0 aliphatic carbocycles. The number of nitrogens with zero attached hydrogens (tertiary/aromatic N) is 6. The number of halogens is 2. The number of imidazole rings is 2. The molecule has 5 aromatic rings. The topological polar surface area (TPSA) is 110 Å². The normalized spacial score (nSPS) is 12.3. The fraction of sp³-hybridized carbons (Fsp3) is 0.200. The number of unbranched alkanes of at least 4 members (excludes halogenated alkanes) is 1. The average molecular weight is 588 g/mol. The first kappa shape index (κ1) is 28.2. The largest absolute Gasteiger partial charge is 0.342 e. The molecule has 5 heterocycles. The van der Waals surface area contributed by atoms with Crippen LogP contribution in [0.15, 0.2) is 73.3 Å². The SMILES string of the molecule is Cc1nc(-c2ccc(Cl)nc2)cn1CCCCN1C(=O)c2ccccc2C1=O.Cc1ncc(-c2ccc(Cl)nc2)[nH]1. The zero-order valence-corrected chi connectivity index (χ0v) is 24.0. The van der Waals surface area contributed by atoms with Crippen LogP contribution in [0.25, 0.3) is 22.5 Å². The Labute approximate surface area is 247 Å². The van der Waals surface area contributed by atoms with Crippen molar-refractivity contribution in [2.24, 2.45) is 0 Å². The van der Waals surface area contributed by atoms with E-state index < -0.39 is 0 Å². The van der Waals surface area contributed by atoms with Gasteiger partial charge in [-0.15, -0.1) is 0 Å². The fourth-order valence-corrected chi connectivity index (χ4v) is 4.72. The van der Waals surface area contributed by atoms with E-state index in [4.69, 9.17) is 23.2 Å². The number of carbonyl (C=O) groups is 2. The van der Waals surface area contributed by atoms with E-state index in [9.17, 15) is 9.59 Å². The Hall–Kier alpha value is -4.34. The Morgan fingerprint density at radius 3 is 1.93 bits per heavy atom. The van der Waals surface area contributed by atoms with Gasteiger partial charge in [0.25, 0.3) is 11.8 Å². The van der Waals surface area contributed by atoms with E-state index in [1.807, 2.05) is 32.2 Å². The second-order valence-electron chi connectivity index (χ2n) is 9.50. The van der Waals surface area contributed by atoms with Crippen LogP contribution in [0.2, 0.25) is 10.3 Å². The molecule has 0 saturated heterocycles. The highest BCUT2D eigenvalue weighted by Gasteiger charge is 2.34. The minimum absolute atomic E-state index is 0.197. The minimum atomic E-state index is -0.197. The van der Waals surface area contributed by atoms with Crippen LogP contribution in [-0.4, -0.2) is 52.7 Å². The predicted octanol–water partition coefficient (Wildman–Crippen LogP) is 6.42. The molecule has 4 aromatic heterocycles. The molecule has 0 fully saturated rings. The van der Waals surface area contributed by atoms with E-state index in [1.165, 1.54) is 4.90 Å². The van der Waals surface area contributed by atoms with Crippen LogP contribution in [0.1, 0.15) is 45.2 Å². The van der Waals surface area contributed by atoms with Gasteiger partial charge in [0.1, 0.15) is 22.0 Å². The maximum absolute atomic E-state index is 12.4. The summed E-state index contributed by atoms with van der Waals surface area (Å²) >= 11 is 11.5. The van der Waals surface area contributed by atoms with E-state index in [-0.39, 0.29) is 11.8 Å². The Balaban J connectivity index is 0.000000216. The van der Waals surface area contributed by atoms with Crippen molar-refractivity contribution >= 4 is 35.0 Å². The monoisotopic (exact) mass is 587 g/mol. The molecule has 2 amide bonds. The number of aromatic nitrogens is 6. The molecule has 11 heteroatoms. The highest BCUT2D eigenvalue weighted by molar-refractivity contribution is 6.29. The van der Waals surface area contributed by atoms with Gasteiger partial charge in [-0.25, -0.2) is 19.9 Å². The molecule has 6 rings (SSSR count). The fourth-order valence-electron chi connectivity index (χ4n) is 4.50. The molecule has 0 unspecified atom stereocenters. The summed E-state index contributed by atoms with van der Waals surface area (Å²) in [7, 11) is 0. The number of amides is 2. The van der Waals surface area contributed by atoms with Gasteiger partial charge >= 0.3 is 0 Å². The molecule has 1 aliphatic heterocycles. The molecule has 0 atom stereocenters. The molecule has 9 nitrogen and oxygen atoms in total. The van der Waals surface area contributed by atoms with Crippen LogP contribution in [0, 0.1) is 13.8 Å². The van der Waals surface area contributed by atoms with Gasteiger partial charge in [-0.1, -0.05) is 35.3 Å². The number of aryl methyl sites for hydroxylation is 3. The van der Waals surface area contributed by atoms with Gasteiger partial charge in [0.05, 0.1) is 28.7 Å². The zero-order chi connectivity index (χ0) is 28.9. The van der Waals surface area contributed by atoms with Gasteiger partial charge in [-0.05, 0) is 63.1 Å². The molecule has 0 bridgehead atoms. The molecule has 0 spiro atoms. The van der Waals surface area contributed by atoms with Crippen LogP contribution < -0.4 is 0 Å². The van der Waals surface area contributed by atoms with Crippen LogP contribution in [0.3, 0.4) is 0 Å². The molecule has 1 aliphatic rings. The van der Waals surface area contributed by atoms with E-state index in [2.05, 4.69) is 29.5 Å². The molecule has 1 aromatic carbocycles. The third-order valence-corrected chi connectivity index (χ3v) is 7.10. The number of aromatic amines is 1. The number of carbonyl (C=O) groups excluding carboxylic acids is 2. The summed E-state index contributed by atoms with van der Waals surface area (Å²) in [5, 5.41) is 0.952. The van der Waals surface area contributed by atoms with Crippen molar-refractivity contribution in [1.29, 1.82) is 0 Å². The lowest BCUT2D eigenvalue weighted by Gasteiger charge is -2.13. The molecule has 208 valence electrons. The Morgan fingerprint density at radius 1 is 0.756 bits per heavy atom. The summed E-state index contributed by atoms with van der Waals surface area (Å²) in [5.41, 5.74) is 4.71. The lowest BCUT2D eigenvalue weighted by Crippen LogP contribution is -2.30. The number of pyridine rings is 2. The van der Waals surface area contributed by atoms with E-state index in [1.54, 1.807) is 55.0 Å². The first-order valence-corrected chi connectivity index (χ1v) is 13.8. The molecular formula is C30H27Cl2N7O2. The van der Waals surface area contributed by atoms with Crippen LogP contribution in [-0.2, 0) is 6.54 Å². The lowest BCUT2D eigenvalue weighted by molar-refractivity contribution is 0.0651. The Kier molecular flexibility index (Phi) is 8.56. The lowest BCUT2D eigenvalue weighted by atomic mass is 10.1. The summed E-state index contributed by atoms with van der Waals surface area (Å²) in [5.74, 6) is 1.41. The van der Waals surface area contributed by atoms with Gasteiger partial charge in [-0.3, -0.25) is 14.5 Å². The van der Waals surface area contributed by atoms with Crippen LogP contribution >= 0.6 is 23.2 Å². The Bertz CT molecular complexity index is 1640. The number of hydrogen-bond acceptors (Lipinski definition) is 6. The summed E-state index contributed by atoms with van der Waals surface area (Å²) in [6.45, 7) is 5.06. The zero-order valence-electron chi connectivity index (χ0n) is 22.5. The molecule has 0 saturated carbocycles. The highest BCUT2D eigenvalue weighted by atomic mass is 35.5. The summed E-state index contributed by atoms with van der Waals surface area (Å²) in [6.07, 6.45) is 8.76. The summed E-state index contributed by atoms with van der Waals surface area (Å²) in [4.78, 5) is 46.0. The average Bonchev–Trinajstić information content (AvgIpc) is 3.64. The maximum atomic E-state index is 12.4. The van der Waals surface area contributed by atoms with Gasteiger partial charge in [0.15, 0.2) is 0 Å². The van der Waals surface area contributed by atoms with E-state index in [0.717, 1.165) is 53.5 Å². The molecule has 41 heavy (non-hydrogen) atoms. The predicted molar refractivity (Wildman–Crippen MR) is 158 cm³/mol. The number of rotatable bonds is 7. The number of hydrogen-bond donors (Lipinski definition) is 1. The second-order valence-corrected chi connectivity index (χ2v) is 10.3. The number of H-pyrrole nitrogens is 1. The third-order valence-electron chi connectivity index (χ3n) is 6.65. The number of benzene rings is 1. The molecule has 1 N–H and O–H groups in total. The maximum Gasteiger partial charge on any atom is 0.261 e.